The molecular weight excluding hydrogens is 417 g/mol. The van der Waals surface area contributed by atoms with Crippen molar-refractivity contribution in [1.82, 2.24) is 0 Å². The molecule has 0 saturated carbocycles. The van der Waals surface area contributed by atoms with Crippen LogP contribution in [0.25, 0.3) is 0 Å². The van der Waals surface area contributed by atoms with Crippen LogP contribution >= 0.6 is 0 Å². The molecule has 0 unspecified atom stereocenters. The number of carbonyl (C=O) groups excluding carboxylic acids is 1. The Labute approximate surface area is 171 Å². The van der Waals surface area contributed by atoms with Crippen LogP contribution in [0.4, 0.5) is 24.5 Å². The van der Waals surface area contributed by atoms with Gasteiger partial charge < -0.3 is 5.32 Å². The van der Waals surface area contributed by atoms with Gasteiger partial charge in [-0.25, -0.2) is 21.6 Å². The molecule has 156 valence electrons. The van der Waals surface area contributed by atoms with Gasteiger partial charge in [-0.2, -0.15) is 0 Å². The largest absolute Gasteiger partial charge is 0.326 e. The second-order valence-electron chi connectivity index (χ2n) is 6.44. The average Bonchev–Trinajstić information content (AvgIpc) is 2.70. The van der Waals surface area contributed by atoms with Gasteiger partial charge in [0.1, 0.15) is 5.82 Å². The number of rotatable bonds is 7. The summed E-state index contributed by atoms with van der Waals surface area (Å²) in [6.07, 6.45) is 0.518. The van der Waals surface area contributed by atoms with Crippen LogP contribution in [-0.2, 0) is 21.2 Å². The summed E-state index contributed by atoms with van der Waals surface area (Å²) < 4.78 is 66.2. The standard InChI is InChI=1S/C21H17F3N2O3S/c22-15-3-1-2-14(12-15)4-11-21(27)25-16-5-7-17(8-6-16)26-30(28,29)18-9-10-19(23)20(24)13-18/h1-3,5-10,12-13,26H,4,11H2,(H,25,27). The van der Waals surface area contributed by atoms with Crippen LogP contribution in [0, 0.1) is 17.5 Å². The van der Waals surface area contributed by atoms with Crippen LogP contribution in [-0.4, -0.2) is 14.3 Å². The van der Waals surface area contributed by atoms with Gasteiger partial charge in [0.15, 0.2) is 11.6 Å². The van der Waals surface area contributed by atoms with Gasteiger partial charge in [-0.05, 0) is 66.6 Å². The summed E-state index contributed by atoms with van der Waals surface area (Å²) in [5.41, 5.74) is 1.32. The Balaban J connectivity index is 1.59. The number of nitrogens with one attached hydrogen (secondary N) is 2. The molecule has 0 saturated heterocycles. The van der Waals surface area contributed by atoms with Crippen molar-refractivity contribution in [2.75, 3.05) is 10.0 Å². The molecule has 0 spiro atoms. The highest BCUT2D eigenvalue weighted by atomic mass is 32.2. The average molecular weight is 434 g/mol. The van der Waals surface area contributed by atoms with Gasteiger partial charge in [0, 0.05) is 17.8 Å². The van der Waals surface area contributed by atoms with Gasteiger partial charge in [0.05, 0.1) is 4.90 Å². The minimum atomic E-state index is -4.11. The van der Waals surface area contributed by atoms with Crippen molar-refractivity contribution in [2.45, 2.75) is 17.7 Å². The van der Waals surface area contributed by atoms with Crippen LogP contribution in [0.15, 0.2) is 71.6 Å². The fourth-order valence-corrected chi connectivity index (χ4v) is 3.72. The van der Waals surface area contributed by atoms with E-state index in [9.17, 15) is 26.4 Å². The molecule has 3 rings (SSSR count). The zero-order valence-electron chi connectivity index (χ0n) is 15.5. The van der Waals surface area contributed by atoms with Crippen molar-refractivity contribution in [3.8, 4) is 0 Å². The Morgan fingerprint density at radius 2 is 1.53 bits per heavy atom. The van der Waals surface area contributed by atoms with E-state index in [4.69, 9.17) is 0 Å². The first-order valence-corrected chi connectivity index (χ1v) is 10.3. The number of hydrogen-bond donors (Lipinski definition) is 2. The van der Waals surface area contributed by atoms with Crippen molar-refractivity contribution >= 4 is 27.3 Å². The highest BCUT2D eigenvalue weighted by molar-refractivity contribution is 7.92. The van der Waals surface area contributed by atoms with E-state index in [0.717, 1.165) is 12.1 Å². The fraction of sp³-hybridized carbons (Fsp3) is 0.0952. The fourth-order valence-electron chi connectivity index (χ4n) is 2.65. The number of amides is 1. The molecule has 0 aliphatic rings. The van der Waals surface area contributed by atoms with Crippen molar-refractivity contribution < 1.29 is 26.4 Å². The summed E-state index contributed by atoms with van der Waals surface area (Å²) in [6.45, 7) is 0. The zero-order chi connectivity index (χ0) is 21.7. The van der Waals surface area contributed by atoms with E-state index in [1.165, 1.54) is 36.4 Å². The molecule has 1 amide bonds. The molecule has 2 N–H and O–H groups in total. The SMILES string of the molecule is O=C(CCc1cccc(F)c1)Nc1ccc(NS(=O)(=O)c2ccc(F)c(F)c2)cc1. The summed E-state index contributed by atoms with van der Waals surface area (Å²) in [5.74, 6) is -3.07. The normalized spacial score (nSPS) is 11.2. The lowest BCUT2D eigenvalue weighted by molar-refractivity contribution is -0.116. The number of carbonyl (C=O) groups is 1. The Kier molecular flexibility index (Phi) is 6.41. The molecule has 0 aliphatic heterocycles. The first-order valence-electron chi connectivity index (χ1n) is 8.85. The Bertz CT molecular complexity index is 1170. The Morgan fingerprint density at radius 1 is 0.833 bits per heavy atom. The molecule has 0 aliphatic carbocycles. The van der Waals surface area contributed by atoms with Gasteiger partial charge in [-0.1, -0.05) is 12.1 Å². The number of anilines is 2. The number of hydrogen-bond acceptors (Lipinski definition) is 3. The number of sulfonamides is 1. The van der Waals surface area contributed by atoms with Gasteiger partial charge in [-0.15, -0.1) is 0 Å². The smallest absolute Gasteiger partial charge is 0.261 e. The number of benzene rings is 3. The van der Waals surface area contributed by atoms with E-state index in [0.29, 0.717) is 23.7 Å². The molecule has 0 heterocycles. The molecule has 3 aromatic carbocycles. The van der Waals surface area contributed by atoms with Crippen molar-refractivity contribution in [3.63, 3.8) is 0 Å². The van der Waals surface area contributed by atoms with Crippen LogP contribution in [0.2, 0.25) is 0 Å². The summed E-state index contributed by atoms with van der Waals surface area (Å²) in [7, 11) is -4.11. The molecule has 9 heteroatoms. The third kappa shape index (κ3) is 5.60. The first-order chi connectivity index (χ1) is 14.2. The van der Waals surface area contributed by atoms with Gasteiger partial charge in [0.25, 0.3) is 10.0 Å². The maximum Gasteiger partial charge on any atom is 0.261 e. The Morgan fingerprint density at radius 3 is 2.20 bits per heavy atom. The predicted molar refractivity (Wildman–Crippen MR) is 107 cm³/mol. The van der Waals surface area contributed by atoms with E-state index < -0.39 is 26.6 Å². The molecule has 0 bridgehead atoms. The Hall–Kier alpha value is -3.33. The third-order valence-corrected chi connectivity index (χ3v) is 5.53. The lowest BCUT2D eigenvalue weighted by Gasteiger charge is -2.10. The van der Waals surface area contributed by atoms with Crippen molar-refractivity contribution in [1.29, 1.82) is 0 Å². The topological polar surface area (TPSA) is 75.3 Å². The van der Waals surface area contributed by atoms with E-state index >= 15 is 0 Å². The predicted octanol–water partition coefficient (Wildman–Crippen LogP) is 4.48. The lowest BCUT2D eigenvalue weighted by Crippen LogP contribution is -2.14. The minimum Gasteiger partial charge on any atom is -0.326 e. The monoisotopic (exact) mass is 434 g/mol. The minimum absolute atomic E-state index is 0.147. The van der Waals surface area contributed by atoms with E-state index in [1.54, 1.807) is 12.1 Å². The van der Waals surface area contributed by atoms with Gasteiger partial charge >= 0.3 is 0 Å². The molecular formula is C21H17F3N2O3S. The van der Waals surface area contributed by atoms with Gasteiger partial charge in [-0.3, -0.25) is 9.52 Å². The van der Waals surface area contributed by atoms with Crippen molar-refractivity contribution in [2.24, 2.45) is 0 Å². The lowest BCUT2D eigenvalue weighted by atomic mass is 10.1. The van der Waals surface area contributed by atoms with Gasteiger partial charge in [0.2, 0.25) is 5.91 Å². The highest BCUT2D eigenvalue weighted by Gasteiger charge is 2.16. The van der Waals surface area contributed by atoms with Crippen LogP contribution in [0.1, 0.15) is 12.0 Å². The van der Waals surface area contributed by atoms with E-state index in [-0.39, 0.29) is 23.8 Å². The van der Waals surface area contributed by atoms with Crippen LogP contribution in [0.5, 0.6) is 0 Å². The summed E-state index contributed by atoms with van der Waals surface area (Å²) in [4.78, 5) is 11.6. The summed E-state index contributed by atoms with van der Waals surface area (Å²) in [5, 5.41) is 2.66. The highest BCUT2D eigenvalue weighted by Crippen LogP contribution is 2.20. The molecule has 5 nitrogen and oxygen atoms in total. The second kappa shape index (κ2) is 9.00. The quantitative estimate of drug-likeness (QED) is 0.576. The maximum absolute atomic E-state index is 13.3. The molecule has 0 aromatic heterocycles. The molecule has 30 heavy (non-hydrogen) atoms. The maximum atomic E-state index is 13.3. The second-order valence-corrected chi connectivity index (χ2v) is 8.12. The van der Waals surface area contributed by atoms with E-state index in [2.05, 4.69) is 10.0 Å². The van der Waals surface area contributed by atoms with Crippen molar-refractivity contribution in [3.05, 3.63) is 89.7 Å². The number of aryl methyl sites for hydroxylation is 1. The molecule has 0 radical (unpaired) electrons. The number of halogens is 3. The van der Waals surface area contributed by atoms with Crippen LogP contribution in [0.3, 0.4) is 0 Å². The zero-order valence-corrected chi connectivity index (χ0v) is 16.3. The summed E-state index contributed by atoms with van der Waals surface area (Å²) >= 11 is 0. The molecule has 0 fully saturated rings. The molecule has 3 aromatic rings. The molecule has 0 atom stereocenters. The van der Waals surface area contributed by atoms with Crippen LogP contribution < -0.4 is 10.0 Å². The van der Waals surface area contributed by atoms with E-state index in [1.807, 2.05) is 0 Å². The first kappa shape index (κ1) is 21.4. The third-order valence-electron chi connectivity index (χ3n) is 4.15. The summed E-state index contributed by atoms with van der Waals surface area (Å²) in [6, 6.07) is 14.1.